The Morgan fingerprint density at radius 1 is 1.11 bits per heavy atom. The van der Waals surface area contributed by atoms with Gasteiger partial charge in [0.15, 0.2) is 5.78 Å². The average Bonchev–Trinajstić information content (AvgIpc) is 3.45. The van der Waals surface area contributed by atoms with Gasteiger partial charge in [-0.3, -0.25) is 14.4 Å². The number of carbonyl (C=O) groups is 3. The van der Waals surface area contributed by atoms with Crippen molar-refractivity contribution in [2.45, 2.75) is 35.4 Å². The molecule has 0 radical (unpaired) electrons. The van der Waals surface area contributed by atoms with Crippen molar-refractivity contribution in [1.82, 2.24) is 9.80 Å². The van der Waals surface area contributed by atoms with Crippen LogP contribution in [0.5, 0.6) is 5.75 Å². The topological polar surface area (TPSA) is 101 Å². The second-order valence-corrected chi connectivity index (χ2v) is 12.3. The lowest BCUT2D eigenvalue weighted by atomic mass is 9.92. The number of carbonyl (C=O) groups excluding carboxylic acids is 3. The highest BCUT2D eigenvalue weighted by atomic mass is 35.5. The molecule has 2 atom stereocenters. The van der Waals surface area contributed by atoms with Crippen LogP contribution in [0.25, 0.3) is 0 Å². The Hall–Kier alpha value is -2.62. The van der Waals surface area contributed by atoms with Crippen molar-refractivity contribution in [2.24, 2.45) is 5.92 Å². The van der Waals surface area contributed by atoms with Crippen molar-refractivity contribution < 1.29 is 27.5 Å². The predicted octanol–water partition coefficient (Wildman–Crippen LogP) is 3.38. The van der Waals surface area contributed by atoms with E-state index in [0.29, 0.717) is 29.4 Å². The molecule has 190 valence electrons. The first-order valence-electron chi connectivity index (χ1n) is 11.6. The van der Waals surface area contributed by atoms with Crippen molar-refractivity contribution in [3.05, 3.63) is 57.6 Å². The van der Waals surface area contributed by atoms with Gasteiger partial charge in [-0.1, -0.05) is 23.2 Å². The summed E-state index contributed by atoms with van der Waals surface area (Å²) < 4.78 is 33.2. The lowest BCUT2D eigenvalue weighted by Gasteiger charge is -2.44. The van der Waals surface area contributed by atoms with E-state index in [1.807, 2.05) is 0 Å². The van der Waals surface area contributed by atoms with Gasteiger partial charge in [-0.05, 0) is 61.2 Å². The van der Waals surface area contributed by atoms with Gasteiger partial charge < -0.3 is 14.5 Å². The minimum absolute atomic E-state index is 0.0281. The van der Waals surface area contributed by atoms with E-state index in [2.05, 4.69) is 0 Å². The Kier molecular flexibility index (Phi) is 6.29. The third kappa shape index (κ3) is 3.71. The molecule has 36 heavy (non-hydrogen) atoms. The lowest BCUT2D eigenvalue weighted by Crippen LogP contribution is -2.67. The fourth-order valence-electron chi connectivity index (χ4n) is 5.42. The quantitative estimate of drug-likeness (QED) is 0.511. The number of ketones is 1. The number of ether oxygens (including phenoxy) is 1. The number of nitrogens with zero attached hydrogens (tertiary/aromatic N) is 2. The van der Waals surface area contributed by atoms with Crippen LogP contribution in [-0.2, 0) is 25.8 Å². The molecule has 0 aliphatic carbocycles. The summed E-state index contributed by atoms with van der Waals surface area (Å²) in [5.41, 5.74) is 0.717. The van der Waals surface area contributed by atoms with Gasteiger partial charge in [-0.15, -0.1) is 0 Å². The zero-order valence-corrected chi connectivity index (χ0v) is 21.8. The van der Waals surface area contributed by atoms with Crippen LogP contribution in [0.4, 0.5) is 0 Å². The number of Topliss-reactive ketones (excluding diaryl/α,β-unsaturated/α-hetero) is 1. The standard InChI is InChI=1S/C25H24Cl2N2O6S/c1-35-21-7-4-17(26)11-15(21)10-16-14-29-22(30)13-25(29,23(16)31)36(33,34)18-5-6-20(27)19(12-18)24(32)28-8-2-3-9-28/h4-7,11-12,16H,2-3,8-10,13-14H2,1H3. The van der Waals surface area contributed by atoms with Gasteiger partial charge in [0.25, 0.3) is 5.91 Å². The van der Waals surface area contributed by atoms with E-state index in [0.717, 1.165) is 17.7 Å². The maximum atomic E-state index is 13.9. The van der Waals surface area contributed by atoms with E-state index in [1.165, 1.54) is 25.3 Å². The largest absolute Gasteiger partial charge is 0.496 e. The van der Waals surface area contributed by atoms with Gasteiger partial charge in [-0.25, -0.2) is 8.42 Å². The summed E-state index contributed by atoms with van der Waals surface area (Å²) in [7, 11) is -2.87. The molecule has 0 N–H and O–H groups in total. The molecule has 3 aliphatic heterocycles. The van der Waals surface area contributed by atoms with Gasteiger partial charge in [0, 0.05) is 30.6 Å². The number of amides is 2. The summed E-state index contributed by atoms with van der Waals surface area (Å²) in [4.78, 5) is 39.7. The fraction of sp³-hybridized carbons (Fsp3) is 0.400. The minimum atomic E-state index is -4.36. The Labute approximate surface area is 219 Å². The molecule has 2 amide bonds. The van der Waals surface area contributed by atoms with Crippen molar-refractivity contribution >= 4 is 50.6 Å². The number of β-lactam (4-membered cyclic amide) rings is 1. The van der Waals surface area contributed by atoms with Crippen LogP contribution in [0.1, 0.15) is 35.2 Å². The smallest absolute Gasteiger partial charge is 0.255 e. The maximum Gasteiger partial charge on any atom is 0.255 e. The Balaban J connectivity index is 1.50. The van der Waals surface area contributed by atoms with E-state index in [-0.39, 0.29) is 34.4 Å². The third-order valence-corrected chi connectivity index (χ3v) is 10.2. The number of benzene rings is 2. The molecule has 0 spiro atoms. The first-order chi connectivity index (χ1) is 17.1. The molecule has 2 aromatic carbocycles. The van der Waals surface area contributed by atoms with E-state index in [9.17, 15) is 22.8 Å². The molecule has 3 aliphatic rings. The fourth-order valence-corrected chi connectivity index (χ4v) is 7.94. The third-order valence-electron chi connectivity index (χ3n) is 7.31. The Morgan fingerprint density at radius 3 is 2.50 bits per heavy atom. The second-order valence-electron chi connectivity index (χ2n) is 9.33. The number of hydrogen-bond donors (Lipinski definition) is 0. The summed E-state index contributed by atoms with van der Waals surface area (Å²) in [6.07, 6.45) is 1.47. The highest BCUT2D eigenvalue weighted by Crippen LogP contribution is 2.49. The summed E-state index contributed by atoms with van der Waals surface area (Å²) in [6.45, 7) is 1.12. The number of fused-ring (bicyclic) bond motifs is 1. The van der Waals surface area contributed by atoms with Gasteiger partial charge in [0.1, 0.15) is 5.75 Å². The first-order valence-corrected chi connectivity index (χ1v) is 13.8. The van der Waals surface area contributed by atoms with Crippen LogP contribution in [-0.4, -0.2) is 67.4 Å². The van der Waals surface area contributed by atoms with Crippen molar-refractivity contribution in [3.63, 3.8) is 0 Å². The SMILES string of the molecule is COc1ccc(Cl)cc1CC1CN2C(=O)CC2(S(=O)(=O)c2ccc(Cl)c(C(=O)N3CCCC3)c2)C1=O. The molecule has 3 saturated heterocycles. The Morgan fingerprint density at radius 2 is 1.83 bits per heavy atom. The molecule has 0 aromatic heterocycles. The number of halogens is 2. The van der Waals surface area contributed by atoms with Crippen molar-refractivity contribution in [3.8, 4) is 5.75 Å². The van der Waals surface area contributed by atoms with E-state index >= 15 is 0 Å². The van der Waals surface area contributed by atoms with E-state index in [4.69, 9.17) is 27.9 Å². The molecule has 2 aromatic rings. The molecule has 0 saturated carbocycles. The predicted molar refractivity (Wildman–Crippen MR) is 133 cm³/mol. The molecule has 8 nitrogen and oxygen atoms in total. The molecule has 0 bridgehead atoms. The molecule has 2 unspecified atom stereocenters. The highest BCUT2D eigenvalue weighted by molar-refractivity contribution is 7.93. The van der Waals surface area contributed by atoms with Gasteiger partial charge in [0.05, 0.1) is 29.0 Å². The van der Waals surface area contributed by atoms with Crippen LogP contribution >= 0.6 is 23.2 Å². The normalized spacial score (nSPS) is 23.6. The molecular weight excluding hydrogens is 527 g/mol. The van der Waals surface area contributed by atoms with Crippen molar-refractivity contribution in [1.29, 1.82) is 0 Å². The average molecular weight is 551 g/mol. The molecule has 3 heterocycles. The van der Waals surface area contributed by atoms with Crippen LogP contribution in [0, 0.1) is 5.92 Å². The number of rotatable bonds is 6. The van der Waals surface area contributed by atoms with Gasteiger partial charge in [-0.2, -0.15) is 0 Å². The molecular formula is C25H24Cl2N2O6S. The molecule has 5 rings (SSSR count). The number of hydrogen-bond acceptors (Lipinski definition) is 6. The number of likely N-dealkylation sites (tertiary alicyclic amines) is 1. The minimum Gasteiger partial charge on any atom is -0.496 e. The lowest BCUT2D eigenvalue weighted by molar-refractivity contribution is -0.150. The van der Waals surface area contributed by atoms with Gasteiger partial charge in [0.2, 0.25) is 20.6 Å². The number of sulfone groups is 1. The van der Waals surface area contributed by atoms with Crippen molar-refractivity contribution in [2.75, 3.05) is 26.7 Å². The van der Waals surface area contributed by atoms with Crippen LogP contribution in [0.3, 0.4) is 0 Å². The van der Waals surface area contributed by atoms with E-state index < -0.39 is 38.7 Å². The van der Waals surface area contributed by atoms with Gasteiger partial charge >= 0.3 is 0 Å². The first kappa shape index (κ1) is 25.0. The summed E-state index contributed by atoms with van der Waals surface area (Å²) in [5.74, 6) is -1.54. The maximum absolute atomic E-state index is 13.9. The molecule has 3 fully saturated rings. The Bertz CT molecular complexity index is 1390. The zero-order valence-electron chi connectivity index (χ0n) is 19.5. The highest BCUT2D eigenvalue weighted by Gasteiger charge is 2.70. The van der Waals surface area contributed by atoms with Crippen LogP contribution < -0.4 is 4.74 Å². The van der Waals surface area contributed by atoms with Crippen LogP contribution in [0.15, 0.2) is 41.3 Å². The monoisotopic (exact) mass is 550 g/mol. The molecule has 11 heteroatoms. The zero-order chi connectivity index (χ0) is 25.8. The summed E-state index contributed by atoms with van der Waals surface area (Å²) in [6, 6.07) is 8.87. The van der Waals surface area contributed by atoms with E-state index in [1.54, 1.807) is 23.1 Å². The summed E-state index contributed by atoms with van der Waals surface area (Å²) >= 11 is 12.4. The second kappa shape index (κ2) is 9.04. The van der Waals surface area contributed by atoms with Crippen LogP contribution in [0.2, 0.25) is 10.0 Å². The summed E-state index contributed by atoms with van der Waals surface area (Å²) in [5, 5.41) is 0.586. The number of methoxy groups -OCH3 is 1.